The number of hydrogen-bond acceptors (Lipinski definition) is 3. The van der Waals surface area contributed by atoms with E-state index in [1.165, 1.54) is 6.07 Å². The predicted molar refractivity (Wildman–Crippen MR) is 80.5 cm³/mol. The van der Waals surface area contributed by atoms with Crippen LogP contribution in [0.3, 0.4) is 0 Å². The third-order valence-corrected chi connectivity index (χ3v) is 4.67. The highest BCUT2D eigenvalue weighted by atomic mass is 19.1. The fourth-order valence-electron chi connectivity index (χ4n) is 3.41. The predicted octanol–water partition coefficient (Wildman–Crippen LogP) is 1.60. The highest BCUT2D eigenvalue weighted by Crippen LogP contribution is 2.27. The van der Waals surface area contributed by atoms with Gasteiger partial charge in [-0.15, -0.1) is 0 Å². The maximum absolute atomic E-state index is 13.8. The smallest absolute Gasteiger partial charge is 0.227 e. The molecule has 1 saturated heterocycles. The zero-order chi connectivity index (χ0) is 14.8. The van der Waals surface area contributed by atoms with Crippen LogP contribution in [0.1, 0.15) is 19.3 Å². The Morgan fingerprint density at radius 2 is 1.86 bits per heavy atom. The summed E-state index contributed by atoms with van der Waals surface area (Å²) in [6.45, 7) is 2.65. The van der Waals surface area contributed by atoms with Gasteiger partial charge in [0.25, 0.3) is 0 Å². The molecule has 0 unspecified atom stereocenters. The van der Waals surface area contributed by atoms with Crippen molar-refractivity contribution in [3.8, 4) is 0 Å². The van der Waals surface area contributed by atoms with Crippen LogP contribution < -0.4 is 10.6 Å². The summed E-state index contributed by atoms with van der Waals surface area (Å²) in [5.41, 5.74) is 6.64. The molecule has 1 heterocycles. The van der Waals surface area contributed by atoms with Crippen molar-refractivity contribution in [2.24, 2.45) is 11.7 Å². The number of rotatable bonds is 2. The summed E-state index contributed by atoms with van der Waals surface area (Å²) in [6, 6.07) is 6.82. The molecular formula is C16H22FN3O. The number of carbonyl (C=O) groups excluding carboxylic acids is 1. The molecule has 3 rings (SSSR count). The summed E-state index contributed by atoms with van der Waals surface area (Å²) in [5, 5.41) is 0. The Hall–Kier alpha value is -1.62. The Balaban J connectivity index is 1.60. The van der Waals surface area contributed by atoms with Crippen LogP contribution in [0.25, 0.3) is 0 Å². The van der Waals surface area contributed by atoms with E-state index in [1.54, 1.807) is 12.1 Å². The number of anilines is 1. The maximum atomic E-state index is 13.8. The van der Waals surface area contributed by atoms with Crippen molar-refractivity contribution in [1.82, 2.24) is 4.90 Å². The first-order chi connectivity index (χ1) is 10.2. The van der Waals surface area contributed by atoms with E-state index in [-0.39, 0.29) is 23.7 Å². The molecule has 21 heavy (non-hydrogen) atoms. The van der Waals surface area contributed by atoms with Gasteiger partial charge in [0.1, 0.15) is 5.82 Å². The van der Waals surface area contributed by atoms with E-state index in [0.717, 1.165) is 19.3 Å². The highest BCUT2D eigenvalue weighted by molar-refractivity contribution is 5.80. The Morgan fingerprint density at radius 3 is 2.48 bits per heavy atom. The van der Waals surface area contributed by atoms with Crippen molar-refractivity contribution in [1.29, 1.82) is 0 Å². The Morgan fingerprint density at radius 1 is 1.14 bits per heavy atom. The molecule has 2 aliphatic rings. The van der Waals surface area contributed by atoms with Gasteiger partial charge in [0.15, 0.2) is 0 Å². The van der Waals surface area contributed by atoms with E-state index < -0.39 is 0 Å². The van der Waals surface area contributed by atoms with Crippen molar-refractivity contribution in [2.45, 2.75) is 25.3 Å². The first-order valence-electron chi connectivity index (χ1n) is 7.70. The molecule has 0 aromatic heterocycles. The number of halogens is 1. The van der Waals surface area contributed by atoms with Gasteiger partial charge in [-0.2, -0.15) is 0 Å². The zero-order valence-corrected chi connectivity index (χ0v) is 12.2. The number of hydrogen-bond donors (Lipinski definition) is 1. The SMILES string of the molecule is N[C@H]1CCC[C@H]1C(=O)N1CCN(c2ccccc2F)CC1. The van der Waals surface area contributed by atoms with E-state index in [0.29, 0.717) is 31.9 Å². The van der Waals surface area contributed by atoms with E-state index >= 15 is 0 Å². The van der Waals surface area contributed by atoms with E-state index in [9.17, 15) is 9.18 Å². The molecule has 1 aliphatic heterocycles. The van der Waals surface area contributed by atoms with Crippen LogP contribution in [0.2, 0.25) is 0 Å². The van der Waals surface area contributed by atoms with Crippen molar-refractivity contribution in [3.63, 3.8) is 0 Å². The van der Waals surface area contributed by atoms with Crippen LogP contribution in [-0.2, 0) is 4.79 Å². The van der Waals surface area contributed by atoms with Gasteiger partial charge in [-0.25, -0.2) is 4.39 Å². The van der Waals surface area contributed by atoms with Gasteiger partial charge in [-0.1, -0.05) is 18.6 Å². The summed E-state index contributed by atoms with van der Waals surface area (Å²) in [5.74, 6) is -0.0201. The number of nitrogens with zero attached hydrogens (tertiary/aromatic N) is 2. The molecule has 1 aromatic carbocycles. The second-order valence-electron chi connectivity index (χ2n) is 5.96. The molecule has 1 amide bonds. The first kappa shape index (κ1) is 14.3. The van der Waals surface area contributed by atoms with Crippen LogP contribution in [0, 0.1) is 11.7 Å². The molecule has 1 aliphatic carbocycles. The fraction of sp³-hybridized carbons (Fsp3) is 0.562. The Kier molecular flexibility index (Phi) is 4.10. The third-order valence-electron chi connectivity index (χ3n) is 4.67. The lowest BCUT2D eigenvalue weighted by Crippen LogP contribution is -2.52. The van der Waals surface area contributed by atoms with Gasteiger partial charge in [-0.3, -0.25) is 4.79 Å². The second-order valence-corrected chi connectivity index (χ2v) is 5.96. The van der Waals surface area contributed by atoms with Gasteiger partial charge >= 0.3 is 0 Å². The van der Waals surface area contributed by atoms with Gasteiger partial charge in [0.05, 0.1) is 11.6 Å². The molecule has 0 spiro atoms. The third kappa shape index (κ3) is 2.88. The highest BCUT2D eigenvalue weighted by Gasteiger charge is 2.34. The van der Waals surface area contributed by atoms with Crippen molar-refractivity contribution in [3.05, 3.63) is 30.1 Å². The Labute approximate surface area is 124 Å². The van der Waals surface area contributed by atoms with Crippen molar-refractivity contribution in [2.75, 3.05) is 31.1 Å². The molecule has 114 valence electrons. The summed E-state index contributed by atoms with van der Waals surface area (Å²) in [7, 11) is 0. The van der Waals surface area contributed by atoms with E-state index in [2.05, 4.69) is 0 Å². The molecule has 4 nitrogen and oxygen atoms in total. The molecule has 5 heteroatoms. The minimum atomic E-state index is -0.199. The summed E-state index contributed by atoms with van der Waals surface area (Å²) >= 11 is 0. The van der Waals surface area contributed by atoms with Gasteiger partial charge in [-0.05, 0) is 25.0 Å². The van der Waals surface area contributed by atoms with Crippen LogP contribution in [0.5, 0.6) is 0 Å². The minimum absolute atomic E-state index is 0.00925. The second kappa shape index (κ2) is 6.02. The fourth-order valence-corrected chi connectivity index (χ4v) is 3.41. The molecule has 0 radical (unpaired) electrons. The van der Waals surface area contributed by atoms with E-state index in [1.807, 2.05) is 15.9 Å². The van der Waals surface area contributed by atoms with Gasteiger partial charge in [0.2, 0.25) is 5.91 Å². The molecule has 0 bridgehead atoms. The number of amides is 1. The topological polar surface area (TPSA) is 49.6 Å². The normalized spacial score (nSPS) is 26.2. The van der Waals surface area contributed by atoms with Crippen LogP contribution in [0.4, 0.5) is 10.1 Å². The molecule has 1 aromatic rings. The lowest BCUT2D eigenvalue weighted by Gasteiger charge is -2.37. The van der Waals surface area contributed by atoms with E-state index in [4.69, 9.17) is 5.73 Å². The molecule has 2 atom stereocenters. The van der Waals surface area contributed by atoms with Gasteiger partial charge in [0, 0.05) is 32.2 Å². The molecule has 1 saturated carbocycles. The number of piperazine rings is 1. The zero-order valence-electron chi connectivity index (χ0n) is 12.2. The van der Waals surface area contributed by atoms with Crippen LogP contribution in [-0.4, -0.2) is 43.0 Å². The molecule has 2 fully saturated rings. The van der Waals surface area contributed by atoms with Crippen molar-refractivity contribution >= 4 is 11.6 Å². The minimum Gasteiger partial charge on any atom is -0.366 e. The lowest BCUT2D eigenvalue weighted by molar-refractivity contribution is -0.136. The first-order valence-corrected chi connectivity index (χ1v) is 7.70. The summed E-state index contributed by atoms with van der Waals surface area (Å²) < 4.78 is 13.8. The van der Waals surface area contributed by atoms with Crippen LogP contribution in [0.15, 0.2) is 24.3 Å². The monoisotopic (exact) mass is 291 g/mol. The quantitative estimate of drug-likeness (QED) is 0.900. The Bertz CT molecular complexity index is 514. The van der Waals surface area contributed by atoms with Gasteiger partial charge < -0.3 is 15.5 Å². The maximum Gasteiger partial charge on any atom is 0.227 e. The number of nitrogens with two attached hydrogens (primary N) is 1. The number of benzene rings is 1. The molecular weight excluding hydrogens is 269 g/mol. The number of carbonyl (C=O) groups is 1. The summed E-state index contributed by atoms with van der Waals surface area (Å²) in [6.07, 6.45) is 2.91. The van der Waals surface area contributed by atoms with Crippen molar-refractivity contribution < 1.29 is 9.18 Å². The largest absolute Gasteiger partial charge is 0.366 e. The molecule has 2 N–H and O–H groups in total. The standard InChI is InChI=1S/C16H22FN3O/c17-13-5-1-2-7-15(13)19-8-10-20(11-9-19)16(21)12-4-3-6-14(12)18/h1-2,5,7,12,14H,3-4,6,8-11,18H2/t12-,14+/m1/s1. The number of para-hydroxylation sites is 1. The average molecular weight is 291 g/mol. The summed E-state index contributed by atoms with van der Waals surface area (Å²) in [4.78, 5) is 16.4. The van der Waals surface area contributed by atoms with Crippen LogP contribution >= 0.6 is 0 Å². The average Bonchev–Trinajstić information content (AvgIpc) is 2.93. The lowest BCUT2D eigenvalue weighted by atomic mass is 10.0.